The summed E-state index contributed by atoms with van der Waals surface area (Å²) in [7, 11) is 4.34. The van der Waals surface area contributed by atoms with Crippen molar-refractivity contribution in [2.45, 2.75) is 0 Å². The molecule has 5 aromatic carbocycles. The Morgan fingerprint density at radius 2 is 1.03 bits per heavy atom. The molecule has 0 saturated carbocycles. The quantitative estimate of drug-likeness (QED) is 0.261. The summed E-state index contributed by atoms with van der Waals surface area (Å²) in [6.45, 7) is 0. The minimum Gasteiger partial charge on any atom is -0.344 e. The van der Waals surface area contributed by atoms with Crippen LogP contribution in [0.4, 0.5) is 0 Å². The van der Waals surface area contributed by atoms with Crippen LogP contribution in [-0.2, 0) is 14.1 Å². The highest BCUT2D eigenvalue weighted by molar-refractivity contribution is 6.21. The van der Waals surface area contributed by atoms with E-state index in [0.717, 1.165) is 0 Å². The largest absolute Gasteiger partial charge is 0.344 e. The van der Waals surface area contributed by atoms with E-state index >= 15 is 0 Å². The summed E-state index contributed by atoms with van der Waals surface area (Å²) >= 11 is 0. The molecule has 0 aliphatic rings. The maximum atomic E-state index is 2.34. The van der Waals surface area contributed by atoms with E-state index in [1.54, 1.807) is 0 Å². The molecule has 0 bridgehead atoms. The highest BCUT2D eigenvalue weighted by atomic mass is 14.9. The Morgan fingerprint density at radius 3 is 1.84 bits per heavy atom. The van der Waals surface area contributed by atoms with Crippen LogP contribution in [0.15, 0.2) is 97.1 Å². The van der Waals surface area contributed by atoms with Gasteiger partial charge in [0.2, 0.25) is 0 Å². The van der Waals surface area contributed by atoms with E-state index in [2.05, 4.69) is 120 Å². The van der Waals surface area contributed by atoms with Crippen LogP contribution in [-0.4, -0.2) is 9.13 Å². The molecule has 0 radical (unpaired) electrons. The van der Waals surface area contributed by atoms with Crippen LogP contribution in [0.1, 0.15) is 0 Å². The lowest BCUT2D eigenvalue weighted by Gasteiger charge is -2.06. The number of aryl methyl sites for hydroxylation is 2. The lowest BCUT2D eigenvalue weighted by atomic mass is 10.00. The molecular weight excluding hydrogens is 388 g/mol. The highest BCUT2D eigenvalue weighted by Crippen LogP contribution is 2.37. The molecule has 7 aromatic rings. The zero-order valence-corrected chi connectivity index (χ0v) is 18.1. The standard InChI is InChI=1S/C30H22N2/c1-31-26-10-6-5-9-23(26)24-14-11-20(17-28(24)31)21-12-15-25-29(18-21)32(2)27-16-13-19-7-3-4-8-22(19)30(25)27/h3-18H,1-2H3. The minimum absolute atomic E-state index is 1.25. The molecule has 32 heavy (non-hydrogen) atoms. The molecule has 2 heterocycles. The number of para-hydroxylation sites is 1. The predicted molar refractivity (Wildman–Crippen MR) is 137 cm³/mol. The van der Waals surface area contributed by atoms with Gasteiger partial charge in [0.15, 0.2) is 0 Å². The molecule has 7 rings (SSSR count). The third-order valence-corrected chi connectivity index (χ3v) is 7.14. The number of nitrogens with zero attached hydrogens (tertiary/aromatic N) is 2. The molecule has 2 nitrogen and oxygen atoms in total. The van der Waals surface area contributed by atoms with Crippen molar-refractivity contribution in [3.8, 4) is 11.1 Å². The maximum absolute atomic E-state index is 2.34. The van der Waals surface area contributed by atoms with Gasteiger partial charge in [0, 0.05) is 57.7 Å². The van der Waals surface area contributed by atoms with Crippen molar-refractivity contribution in [1.29, 1.82) is 0 Å². The molecule has 0 N–H and O–H groups in total. The van der Waals surface area contributed by atoms with Crippen LogP contribution in [0.5, 0.6) is 0 Å². The Morgan fingerprint density at radius 1 is 0.438 bits per heavy atom. The van der Waals surface area contributed by atoms with Crippen LogP contribution in [0.25, 0.3) is 65.5 Å². The first-order chi connectivity index (χ1) is 15.7. The van der Waals surface area contributed by atoms with Gasteiger partial charge in [0.05, 0.1) is 0 Å². The third kappa shape index (κ3) is 2.24. The van der Waals surface area contributed by atoms with Gasteiger partial charge in [-0.1, -0.05) is 72.8 Å². The van der Waals surface area contributed by atoms with Gasteiger partial charge in [-0.05, 0) is 46.2 Å². The van der Waals surface area contributed by atoms with Gasteiger partial charge >= 0.3 is 0 Å². The van der Waals surface area contributed by atoms with Gasteiger partial charge < -0.3 is 9.13 Å². The fraction of sp³-hybridized carbons (Fsp3) is 0.0667. The topological polar surface area (TPSA) is 9.86 Å². The van der Waals surface area contributed by atoms with E-state index in [-0.39, 0.29) is 0 Å². The number of hydrogen-bond donors (Lipinski definition) is 0. The first-order valence-corrected chi connectivity index (χ1v) is 11.1. The smallest absolute Gasteiger partial charge is 0.0495 e. The lowest BCUT2D eigenvalue weighted by molar-refractivity contribution is 1.01. The molecule has 0 spiro atoms. The fourth-order valence-corrected chi connectivity index (χ4v) is 5.49. The van der Waals surface area contributed by atoms with E-state index in [4.69, 9.17) is 0 Å². The van der Waals surface area contributed by atoms with Crippen molar-refractivity contribution in [2.24, 2.45) is 14.1 Å². The summed E-state index contributed by atoms with van der Waals surface area (Å²) in [4.78, 5) is 0. The number of fused-ring (bicyclic) bond motifs is 8. The minimum atomic E-state index is 1.25. The Bertz CT molecular complexity index is 1850. The number of hydrogen-bond acceptors (Lipinski definition) is 0. The van der Waals surface area contributed by atoms with Gasteiger partial charge in [-0.25, -0.2) is 0 Å². The average Bonchev–Trinajstić information content (AvgIpc) is 3.30. The second-order valence-electron chi connectivity index (χ2n) is 8.78. The van der Waals surface area contributed by atoms with Gasteiger partial charge in [-0.2, -0.15) is 0 Å². The van der Waals surface area contributed by atoms with E-state index in [1.165, 1.54) is 65.5 Å². The van der Waals surface area contributed by atoms with Gasteiger partial charge in [0.1, 0.15) is 0 Å². The summed E-state index contributed by atoms with van der Waals surface area (Å²) < 4.78 is 4.63. The van der Waals surface area contributed by atoms with Crippen LogP contribution < -0.4 is 0 Å². The summed E-state index contributed by atoms with van der Waals surface area (Å²) in [6, 6.07) is 35.6. The summed E-state index contributed by atoms with van der Waals surface area (Å²) in [5.41, 5.74) is 7.59. The molecule has 0 aliphatic heterocycles. The third-order valence-electron chi connectivity index (χ3n) is 7.14. The second-order valence-corrected chi connectivity index (χ2v) is 8.78. The number of rotatable bonds is 1. The molecule has 2 aromatic heterocycles. The Balaban J connectivity index is 1.49. The van der Waals surface area contributed by atoms with E-state index in [0.29, 0.717) is 0 Å². The molecule has 0 aliphatic carbocycles. The van der Waals surface area contributed by atoms with Crippen molar-refractivity contribution >= 4 is 54.4 Å². The average molecular weight is 411 g/mol. The molecule has 0 unspecified atom stereocenters. The molecule has 0 fully saturated rings. The van der Waals surface area contributed by atoms with Gasteiger partial charge in [-0.3, -0.25) is 0 Å². The van der Waals surface area contributed by atoms with Crippen molar-refractivity contribution in [1.82, 2.24) is 9.13 Å². The number of aromatic nitrogens is 2. The predicted octanol–water partition coefficient (Wildman–Crippen LogP) is 7.80. The van der Waals surface area contributed by atoms with Crippen molar-refractivity contribution in [2.75, 3.05) is 0 Å². The highest BCUT2D eigenvalue weighted by Gasteiger charge is 2.13. The zero-order valence-electron chi connectivity index (χ0n) is 18.1. The number of benzene rings is 5. The van der Waals surface area contributed by atoms with Crippen LogP contribution >= 0.6 is 0 Å². The summed E-state index contributed by atoms with van der Waals surface area (Å²) in [5, 5.41) is 7.89. The van der Waals surface area contributed by atoms with Crippen LogP contribution in [0.3, 0.4) is 0 Å². The first-order valence-electron chi connectivity index (χ1n) is 11.1. The van der Waals surface area contributed by atoms with E-state index in [1.807, 2.05) is 0 Å². The Labute approximate surface area is 185 Å². The van der Waals surface area contributed by atoms with Crippen molar-refractivity contribution < 1.29 is 0 Å². The summed E-state index contributed by atoms with van der Waals surface area (Å²) in [6.07, 6.45) is 0. The van der Waals surface area contributed by atoms with E-state index < -0.39 is 0 Å². The Hall–Kier alpha value is -4.04. The van der Waals surface area contributed by atoms with Gasteiger partial charge in [0.25, 0.3) is 0 Å². The molecular formula is C30H22N2. The SMILES string of the molecule is Cn1c2ccccc2c2ccc(-c3ccc4c5c6ccccc6ccc5n(C)c4c3)cc21. The Kier molecular flexibility index (Phi) is 3.44. The van der Waals surface area contributed by atoms with Crippen molar-refractivity contribution in [3.63, 3.8) is 0 Å². The monoisotopic (exact) mass is 410 g/mol. The normalized spacial score (nSPS) is 12.1. The lowest BCUT2D eigenvalue weighted by Crippen LogP contribution is -1.88. The summed E-state index contributed by atoms with van der Waals surface area (Å²) in [5.74, 6) is 0. The molecule has 0 atom stereocenters. The molecule has 0 saturated heterocycles. The molecule has 0 amide bonds. The second kappa shape index (κ2) is 6.24. The van der Waals surface area contributed by atoms with Crippen LogP contribution in [0.2, 0.25) is 0 Å². The zero-order chi connectivity index (χ0) is 21.4. The van der Waals surface area contributed by atoms with E-state index in [9.17, 15) is 0 Å². The van der Waals surface area contributed by atoms with Gasteiger partial charge in [-0.15, -0.1) is 0 Å². The first kappa shape index (κ1) is 17.6. The van der Waals surface area contributed by atoms with Crippen molar-refractivity contribution in [3.05, 3.63) is 97.1 Å². The molecule has 152 valence electrons. The van der Waals surface area contributed by atoms with Crippen LogP contribution in [0, 0.1) is 0 Å². The fourth-order valence-electron chi connectivity index (χ4n) is 5.49. The maximum Gasteiger partial charge on any atom is 0.0495 e. The molecule has 2 heteroatoms.